The zero-order valence-electron chi connectivity index (χ0n) is 10.6. The Morgan fingerprint density at radius 1 is 1.10 bits per heavy atom. The standard InChI is InChI=1S/C14H12BrNO3S/c1-20(18,19)13-4-2-3-10(9-13)14(17)16-12-7-5-11(15)6-8-12/h2-9H,1H3,(H,16,17). The number of rotatable bonds is 3. The first-order valence-corrected chi connectivity index (χ1v) is 8.42. The lowest BCUT2D eigenvalue weighted by Gasteiger charge is -2.06. The summed E-state index contributed by atoms with van der Waals surface area (Å²) in [4.78, 5) is 12.2. The smallest absolute Gasteiger partial charge is 0.255 e. The van der Waals surface area contributed by atoms with E-state index in [-0.39, 0.29) is 10.8 Å². The van der Waals surface area contributed by atoms with Gasteiger partial charge < -0.3 is 5.32 Å². The van der Waals surface area contributed by atoms with Gasteiger partial charge in [0.15, 0.2) is 9.84 Å². The van der Waals surface area contributed by atoms with E-state index in [0.29, 0.717) is 11.3 Å². The first kappa shape index (κ1) is 14.7. The van der Waals surface area contributed by atoms with Gasteiger partial charge in [-0.15, -0.1) is 0 Å². The van der Waals surface area contributed by atoms with Gasteiger partial charge in [0.2, 0.25) is 0 Å². The van der Waals surface area contributed by atoms with E-state index in [4.69, 9.17) is 0 Å². The maximum atomic E-state index is 12.1. The third-order valence-corrected chi connectivity index (χ3v) is 4.27. The molecule has 1 amide bonds. The normalized spacial score (nSPS) is 11.1. The van der Waals surface area contributed by atoms with Crippen molar-refractivity contribution < 1.29 is 13.2 Å². The largest absolute Gasteiger partial charge is 0.322 e. The number of halogens is 1. The molecule has 20 heavy (non-hydrogen) atoms. The Kier molecular flexibility index (Phi) is 4.25. The first-order chi connectivity index (χ1) is 9.36. The Bertz CT molecular complexity index is 739. The molecule has 2 aromatic rings. The molecular weight excluding hydrogens is 342 g/mol. The second-order valence-electron chi connectivity index (χ2n) is 4.26. The summed E-state index contributed by atoms with van der Waals surface area (Å²) in [6.07, 6.45) is 1.11. The molecule has 0 atom stereocenters. The molecule has 6 heteroatoms. The molecule has 0 unspecified atom stereocenters. The van der Waals surface area contributed by atoms with Crippen LogP contribution in [-0.2, 0) is 9.84 Å². The van der Waals surface area contributed by atoms with Gasteiger partial charge in [-0.1, -0.05) is 22.0 Å². The predicted octanol–water partition coefficient (Wildman–Crippen LogP) is 3.10. The zero-order valence-corrected chi connectivity index (χ0v) is 13.0. The summed E-state index contributed by atoms with van der Waals surface area (Å²) < 4.78 is 23.8. The second kappa shape index (κ2) is 5.76. The fourth-order valence-electron chi connectivity index (χ4n) is 1.60. The summed E-state index contributed by atoms with van der Waals surface area (Å²) in [7, 11) is -3.32. The number of benzene rings is 2. The number of sulfone groups is 1. The van der Waals surface area contributed by atoms with Crippen LogP contribution in [0.2, 0.25) is 0 Å². The summed E-state index contributed by atoms with van der Waals surface area (Å²) in [5.41, 5.74) is 0.943. The molecule has 0 spiro atoms. The first-order valence-electron chi connectivity index (χ1n) is 5.73. The number of hydrogen-bond donors (Lipinski definition) is 1. The average molecular weight is 354 g/mol. The summed E-state index contributed by atoms with van der Waals surface area (Å²) >= 11 is 3.31. The number of hydrogen-bond acceptors (Lipinski definition) is 3. The van der Waals surface area contributed by atoms with Crippen molar-refractivity contribution in [1.82, 2.24) is 0 Å². The van der Waals surface area contributed by atoms with Crippen molar-refractivity contribution >= 4 is 37.4 Å². The molecule has 0 saturated carbocycles. The van der Waals surface area contributed by atoms with E-state index in [0.717, 1.165) is 10.7 Å². The molecule has 0 heterocycles. The Hall–Kier alpha value is -1.66. The molecule has 104 valence electrons. The van der Waals surface area contributed by atoms with Crippen molar-refractivity contribution in [2.24, 2.45) is 0 Å². The maximum Gasteiger partial charge on any atom is 0.255 e. The minimum Gasteiger partial charge on any atom is -0.322 e. The number of anilines is 1. The van der Waals surface area contributed by atoms with E-state index >= 15 is 0 Å². The number of carbonyl (C=O) groups is 1. The minimum atomic E-state index is -3.32. The van der Waals surface area contributed by atoms with Crippen LogP contribution in [0.3, 0.4) is 0 Å². The molecule has 0 aliphatic rings. The van der Waals surface area contributed by atoms with Crippen LogP contribution in [0.25, 0.3) is 0 Å². The summed E-state index contributed by atoms with van der Waals surface area (Å²) in [5, 5.41) is 2.71. The third kappa shape index (κ3) is 3.68. The molecule has 2 aromatic carbocycles. The van der Waals surface area contributed by atoms with Gasteiger partial charge in [0.1, 0.15) is 0 Å². The van der Waals surface area contributed by atoms with Crippen LogP contribution in [0, 0.1) is 0 Å². The highest BCUT2D eigenvalue weighted by Crippen LogP contribution is 2.16. The van der Waals surface area contributed by atoms with Crippen molar-refractivity contribution in [3.05, 3.63) is 58.6 Å². The topological polar surface area (TPSA) is 63.2 Å². The lowest BCUT2D eigenvalue weighted by molar-refractivity contribution is 0.102. The van der Waals surface area contributed by atoms with Crippen LogP contribution in [0.15, 0.2) is 57.9 Å². The lowest BCUT2D eigenvalue weighted by Crippen LogP contribution is -2.12. The Balaban J connectivity index is 2.23. The van der Waals surface area contributed by atoms with Crippen molar-refractivity contribution in [1.29, 1.82) is 0 Å². The lowest BCUT2D eigenvalue weighted by atomic mass is 10.2. The maximum absolute atomic E-state index is 12.1. The summed E-state index contributed by atoms with van der Waals surface area (Å²) in [6.45, 7) is 0. The molecule has 0 aliphatic heterocycles. The highest BCUT2D eigenvalue weighted by Gasteiger charge is 2.11. The fourth-order valence-corrected chi connectivity index (χ4v) is 2.54. The van der Waals surface area contributed by atoms with Crippen LogP contribution >= 0.6 is 15.9 Å². The molecule has 1 N–H and O–H groups in total. The van der Waals surface area contributed by atoms with E-state index in [1.165, 1.54) is 12.1 Å². The molecule has 0 radical (unpaired) electrons. The van der Waals surface area contributed by atoms with Gasteiger partial charge in [0.25, 0.3) is 5.91 Å². The van der Waals surface area contributed by atoms with E-state index in [1.807, 2.05) is 12.1 Å². The van der Waals surface area contributed by atoms with Gasteiger partial charge in [-0.2, -0.15) is 0 Å². The Labute approximate surface area is 125 Å². The van der Waals surface area contributed by atoms with E-state index in [1.54, 1.807) is 24.3 Å². The highest BCUT2D eigenvalue weighted by atomic mass is 79.9. The predicted molar refractivity (Wildman–Crippen MR) is 81.6 cm³/mol. The SMILES string of the molecule is CS(=O)(=O)c1cccc(C(=O)Nc2ccc(Br)cc2)c1. The molecular formula is C14H12BrNO3S. The van der Waals surface area contributed by atoms with Gasteiger partial charge in [-0.3, -0.25) is 4.79 Å². The minimum absolute atomic E-state index is 0.126. The molecule has 0 saturated heterocycles. The van der Waals surface area contributed by atoms with Crippen LogP contribution in [0.1, 0.15) is 10.4 Å². The zero-order chi connectivity index (χ0) is 14.8. The van der Waals surface area contributed by atoms with Gasteiger partial charge in [-0.05, 0) is 42.5 Å². The summed E-state index contributed by atoms with van der Waals surface area (Å²) in [6, 6.07) is 13.1. The number of carbonyl (C=O) groups excluding carboxylic acids is 1. The Morgan fingerprint density at radius 3 is 2.35 bits per heavy atom. The quantitative estimate of drug-likeness (QED) is 0.921. The van der Waals surface area contributed by atoms with Crippen LogP contribution in [0.5, 0.6) is 0 Å². The molecule has 0 bridgehead atoms. The molecule has 2 rings (SSSR count). The van der Waals surface area contributed by atoms with Crippen LogP contribution in [-0.4, -0.2) is 20.6 Å². The van der Waals surface area contributed by atoms with Crippen LogP contribution in [0.4, 0.5) is 5.69 Å². The summed E-state index contributed by atoms with van der Waals surface area (Å²) in [5.74, 6) is -0.349. The third-order valence-electron chi connectivity index (χ3n) is 2.63. The second-order valence-corrected chi connectivity index (χ2v) is 7.19. The monoisotopic (exact) mass is 353 g/mol. The van der Waals surface area contributed by atoms with E-state index in [2.05, 4.69) is 21.2 Å². The van der Waals surface area contributed by atoms with Crippen molar-refractivity contribution in [3.63, 3.8) is 0 Å². The molecule has 0 aliphatic carbocycles. The van der Waals surface area contributed by atoms with Crippen molar-refractivity contribution in [3.8, 4) is 0 Å². The molecule has 4 nitrogen and oxygen atoms in total. The molecule has 0 fully saturated rings. The fraction of sp³-hybridized carbons (Fsp3) is 0.0714. The van der Waals surface area contributed by atoms with Gasteiger partial charge in [-0.25, -0.2) is 8.42 Å². The van der Waals surface area contributed by atoms with Gasteiger partial charge >= 0.3 is 0 Å². The van der Waals surface area contributed by atoms with E-state index in [9.17, 15) is 13.2 Å². The van der Waals surface area contributed by atoms with Gasteiger partial charge in [0, 0.05) is 22.0 Å². The average Bonchev–Trinajstić information content (AvgIpc) is 2.40. The van der Waals surface area contributed by atoms with E-state index < -0.39 is 9.84 Å². The number of nitrogens with one attached hydrogen (secondary N) is 1. The Morgan fingerprint density at radius 2 is 1.75 bits per heavy atom. The van der Waals surface area contributed by atoms with Crippen LogP contribution < -0.4 is 5.32 Å². The highest BCUT2D eigenvalue weighted by molar-refractivity contribution is 9.10. The number of amides is 1. The van der Waals surface area contributed by atoms with Crippen molar-refractivity contribution in [2.45, 2.75) is 4.90 Å². The van der Waals surface area contributed by atoms with Gasteiger partial charge in [0.05, 0.1) is 4.90 Å². The molecule has 0 aromatic heterocycles. The van der Waals surface area contributed by atoms with Crippen molar-refractivity contribution in [2.75, 3.05) is 11.6 Å².